The molecule has 0 unspecified atom stereocenters. The van der Waals surface area contributed by atoms with E-state index in [4.69, 9.17) is 4.74 Å². The van der Waals surface area contributed by atoms with E-state index in [-0.39, 0.29) is 20.3 Å². The molecule has 0 saturated carbocycles. The van der Waals surface area contributed by atoms with Crippen LogP contribution in [0.1, 0.15) is 14.9 Å². The second-order valence-corrected chi connectivity index (χ2v) is 1.09. The molecule has 0 spiro atoms. The van der Waals surface area contributed by atoms with Crippen LogP contribution in [0.3, 0.4) is 0 Å². The molecule has 0 aliphatic carbocycles. The molecule has 2 nitrogen and oxygen atoms in total. The summed E-state index contributed by atoms with van der Waals surface area (Å²) >= 11 is 0. The zero-order valence-electron chi connectivity index (χ0n) is 3.92. The van der Waals surface area contributed by atoms with Crippen LogP contribution in [0.4, 0.5) is 0 Å². The Balaban J connectivity index is -0.000000120. The van der Waals surface area contributed by atoms with Crippen LogP contribution in [-0.4, -0.2) is 12.1 Å². The predicted octanol–water partition coefficient (Wildman–Crippen LogP) is 1.53. The maximum atomic E-state index is 4.80. The van der Waals surface area contributed by atoms with Crippen molar-refractivity contribution in [1.29, 1.82) is 0 Å². The van der Waals surface area contributed by atoms with Crippen LogP contribution in [0.25, 0.3) is 0 Å². The van der Waals surface area contributed by atoms with Gasteiger partial charge in [0.25, 0.3) is 0 Å². The zero-order valence-corrected chi connectivity index (χ0v) is 3.92. The van der Waals surface area contributed by atoms with Crippen molar-refractivity contribution in [1.82, 2.24) is 0 Å². The summed E-state index contributed by atoms with van der Waals surface area (Å²) in [6.45, 7) is 0.733. The predicted molar refractivity (Wildman–Crippen MR) is 41.3 cm³/mol. The lowest BCUT2D eigenvalue weighted by Gasteiger charge is -1.94. The summed E-state index contributed by atoms with van der Waals surface area (Å²) in [7, 11) is 0. The molecule has 0 aromatic rings. The quantitative estimate of drug-likeness (QED) is 0.492. The van der Waals surface area contributed by atoms with Gasteiger partial charge in [-0.2, -0.15) is 0 Å². The fourth-order valence-electron chi connectivity index (χ4n) is 0.346. The minimum Gasteiger partial charge on any atom is -0.497 e. The molecule has 1 aliphatic heterocycles. The number of ether oxygens (including phenoxy) is 1. The van der Waals surface area contributed by atoms with Crippen molar-refractivity contribution in [2.24, 2.45) is 0 Å². The molecule has 2 N–H and O–H groups in total. The van der Waals surface area contributed by atoms with Crippen molar-refractivity contribution < 1.29 is 10.2 Å². The molecule has 2 heteroatoms. The second kappa shape index (κ2) is 10.3. The number of hydrogen-bond acceptors (Lipinski definition) is 1. The van der Waals surface area contributed by atoms with E-state index in [0.717, 1.165) is 6.61 Å². The van der Waals surface area contributed by atoms with E-state index in [1.165, 1.54) is 0 Å². The van der Waals surface area contributed by atoms with Crippen molar-refractivity contribution in [2.75, 3.05) is 6.61 Å². The summed E-state index contributed by atoms with van der Waals surface area (Å²) in [6, 6.07) is 0. The first-order valence-corrected chi connectivity index (χ1v) is 1.93. The van der Waals surface area contributed by atoms with Crippen molar-refractivity contribution in [3.63, 3.8) is 0 Å². The molecule has 56 valence electrons. The number of hydrogen-bond donors (Lipinski definition) is 0. The largest absolute Gasteiger partial charge is 0.497 e. The lowest BCUT2D eigenvalue weighted by atomic mass is 10.5. The number of rotatable bonds is 0. The third-order valence-electron chi connectivity index (χ3n) is 0.614. The van der Waals surface area contributed by atoms with E-state index in [1.54, 1.807) is 6.26 Å². The Morgan fingerprint density at radius 3 is 1.89 bits per heavy atom. The maximum Gasteiger partial charge on any atom is 0.106 e. The van der Waals surface area contributed by atoms with Crippen LogP contribution in [0.15, 0.2) is 24.5 Å². The van der Waals surface area contributed by atoms with Gasteiger partial charge in [-0.3, -0.25) is 0 Å². The molecule has 9 heavy (non-hydrogen) atoms. The van der Waals surface area contributed by atoms with Gasteiger partial charge >= 0.3 is 0 Å². The van der Waals surface area contributed by atoms with Crippen molar-refractivity contribution >= 4 is 0 Å². The smallest absolute Gasteiger partial charge is 0.106 e. The highest BCUT2D eigenvalue weighted by Crippen LogP contribution is 1.87. The van der Waals surface area contributed by atoms with Crippen LogP contribution < -0.4 is 0 Å². The van der Waals surface area contributed by atoms with Crippen molar-refractivity contribution in [2.45, 2.75) is 14.9 Å². The van der Waals surface area contributed by atoms with E-state index < -0.39 is 0 Å². The Bertz CT molecular complexity index is 72.9. The monoisotopic (exact) mass is 132 g/mol. The lowest BCUT2D eigenvalue weighted by molar-refractivity contribution is 0.286. The molecular weight excluding hydrogens is 116 g/mol. The summed E-state index contributed by atoms with van der Waals surface area (Å²) < 4.78 is 4.80. The fraction of sp³-hybridized carbons (Fsp3) is 0.429. The molecule has 1 heterocycles. The Morgan fingerprint density at radius 2 is 1.78 bits per heavy atom. The summed E-state index contributed by atoms with van der Waals surface area (Å²) in [5, 5.41) is 0. The summed E-state index contributed by atoms with van der Waals surface area (Å²) in [5.41, 5.74) is 0. The van der Waals surface area contributed by atoms with Crippen LogP contribution in [0, 0.1) is 0 Å². The Hall–Kier alpha value is -0.760. The molecule has 0 fully saturated rings. The molecule has 0 aromatic carbocycles. The van der Waals surface area contributed by atoms with E-state index >= 15 is 0 Å². The van der Waals surface area contributed by atoms with Crippen molar-refractivity contribution in [3.05, 3.63) is 24.5 Å². The lowest BCUT2D eigenvalue weighted by Crippen LogP contribution is -1.82. The van der Waals surface area contributed by atoms with Gasteiger partial charge in [0, 0.05) is 0 Å². The Labute approximate surface area is 57.1 Å². The molecule has 0 atom stereocenters. The van der Waals surface area contributed by atoms with Gasteiger partial charge in [-0.15, -0.1) is 0 Å². The molecule has 1 rings (SSSR count). The summed E-state index contributed by atoms with van der Waals surface area (Å²) in [6.07, 6.45) is 7.47. The highest BCUT2D eigenvalue weighted by Gasteiger charge is 1.75. The first-order valence-electron chi connectivity index (χ1n) is 1.93. The normalized spacial score (nSPS) is 11.6. The molecule has 0 bridgehead atoms. The number of allylic oxidation sites excluding steroid dienone is 2. The molecule has 0 radical (unpaired) electrons. The molecule has 0 aromatic heterocycles. The average molecular weight is 132 g/mol. The van der Waals surface area contributed by atoms with Crippen LogP contribution in [-0.2, 0) is 4.74 Å². The van der Waals surface area contributed by atoms with E-state index in [9.17, 15) is 0 Å². The van der Waals surface area contributed by atoms with Crippen LogP contribution in [0.2, 0.25) is 0 Å². The van der Waals surface area contributed by atoms with E-state index in [0.29, 0.717) is 0 Å². The van der Waals surface area contributed by atoms with Gasteiger partial charge in [0.1, 0.15) is 6.61 Å². The van der Waals surface area contributed by atoms with E-state index in [2.05, 4.69) is 0 Å². The van der Waals surface area contributed by atoms with Gasteiger partial charge in [-0.1, -0.05) is 20.9 Å². The third kappa shape index (κ3) is 7.24. The van der Waals surface area contributed by atoms with E-state index in [1.807, 2.05) is 18.2 Å². The van der Waals surface area contributed by atoms with Gasteiger partial charge in [-0.05, 0) is 12.2 Å². The maximum absolute atomic E-state index is 4.80. The first-order chi connectivity index (χ1) is 3.00. The Morgan fingerprint density at radius 1 is 1.11 bits per heavy atom. The molecule has 0 amide bonds. The van der Waals surface area contributed by atoms with Gasteiger partial charge < -0.3 is 10.2 Å². The van der Waals surface area contributed by atoms with Gasteiger partial charge in [0.05, 0.1) is 6.26 Å². The minimum atomic E-state index is 0. The minimum absolute atomic E-state index is 0. The summed E-state index contributed by atoms with van der Waals surface area (Å²) in [5.74, 6) is 0. The van der Waals surface area contributed by atoms with Crippen LogP contribution >= 0.6 is 0 Å². The van der Waals surface area contributed by atoms with Crippen LogP contribution in [0.5, 0.6) is 0 Å². The zero-order chi connectivity index (χ0) is 4.24. The summed E-state index contributed by atoms with van der Waals surface area (Å²) in [4.78, 5) is 0. The Kier molecular flexibility index (Phi) is 17.9. The van der Waals surface area contributed by atoms with Gasteiger partial charge in [-0.25, -0.2) is 0 Å². The van der Waals surface area contributed by atoms with Gasteiger partial charge in [0.2, 0.25) is 0 Å². The molecule has 0 saturated heterocycles. The second-order valence-electron chi connectivity index (χ2n) is 1.09. The van der Waals surface area contributed by atoms with Gasteiger partial charge in [0.15, 0.2) is 0 Å². The topological polar surface area (TPSA) is 40.7 Å². The highest BCUT2D eigenvalue weighted by atomic mass is 16.5. The molecule has 1 aliphatic rings. The third-order valence-corrected chi connectivity index (χ3v) is 0.614. The standard InChI is InChI=1S/C5H6O.2CH4.H2O/c1-2-4-6-5-3-1;;;/h1-4H,5H2;2*1H4;1H2. The SMILES string of the molecule is C.C.C1=CCOC=C1.O. The first kappa shape index (κ1) is 15.7. The van der Waals surface area contributed by atoms with Crippen molar-refractivity contribution in [3.8, 4) is 0 Å². The fourth-order valence-corrected chi connectivity index (χ4v) is 0.346. The highest BCUT2D eigenvalue weighted by molar-refractivity contribution is 5.02. The molecular formula is C7H16O2. The average Bonchev–Trinajstić information content (AvgIpc) is 1.72.